The average molecular weight is 310 g/mol. The van der Waals surface area contributed by atoms with Gasteiger partial charge in [0.05, 0.1) is 19.2 Å². The maximum Gasteiger partial charge on any atom is 0.123 e. The molecule has 0 atom stereocenters. The molecule has 2 aromatic rings. The van der Waals surface area contributed by atoms with Crippen LogP contribution in [0.25, 0.3) is 0 Å². The number of ether oxygens (including phenoxy) is 2. The summed E-state index contributed by atoms with van der Waals surface area (Å²) in [5.74, 6) is 2.33. The van der Waals surface area contributed by atoms with Gasteiger partial charge in [0, 0.05) is 21.9 Å². The van der Waals surface area contributed by atoms with Crippen LogP contribution in [0, 0.1) is 0 Å². The molecule has 106 valence electrons. The van der Waals surface area contributed by atoms with Crippen molar-refractivity contribution in [2.45, 2.75) is 10.6 Å². The lowest BCUT2D eigenvalue weighted by Crippen LogP contribution is -1.94. The fraction of sp³-hybridized carbons (Fsp3) is 0.200. The first kappa shape index (κ1) is 14.9. The predicted molar refractivity (Wildman–Crippen MR) is 85.0 cm³/mol. The van der Waals surface area contributed by atoms with Crippen molar-refractivity contribution < 1.29 is 9.47 Å². The van der Waals surface area contributed by atoms with Crippen molar-refractivity contribution in [1.82, 2.24) is 0 Å². The first-order chi connectivity index (χ1) is 9.65. The Morgan fingerprint density at radius 1 is 1.15 bits per heavy atom. The molecular weight excluding hydrogens is 294 g/mol. The van der Waals surface area contributed by atoms with Gasteiger partial charge in [0.2, 0.25) is 0 Å². The van der Waals surface area contributed by atoms with Gasteiger partial charge in [0.1, 0.15) is 11.5 Å². The predicted octanol–water partition coefficient (Wildman–Crippen LogP) is 4.23. The second-order valence-electron chi connectivity index (χ2n) is 4.12. The third-order valence-corrected chi connectivity index (χ3v) is 4.48. The Morgan fingerprint density at radius 2 is 1.95 bits per heavy atom. The molecule has 2 aromatic carbocycles. The Hall–Kier alpha value is -1.52. The number of nitrogen functional groups attached to an aromatic ring is 1. The van der Waals surface area contributed by atoms with Crippen LogP contribution in [0.1, 0.15) is 5.56 Å². The van der Waals surface area contributed by atoms with Crippen LogP contribution in [0.2, 0.25) is 5.02 Å². The summed E-state index contributed by atoms with van der Waals surface area (Å²) >= 11 is 7.75. The fourth-order valence-electron chi connectivity index (χ4n) is 1.82. The van der Waals surface area contributed by atoms with Gasteiger partial charge in [0.25, 0.3) is 0 Å². The minimum absolute atomic E-state index is 0.664. The quantitative estimate of drug-likeness (QED) is 0.663. The van der Waals surface area contributed by atoms with Gasteiger partial charge in [-0.15, -0.1) is 11.8 Å². The number of rotatable bonds is 5. The van der Waals surface area contributed by atoms with Crippen molar-refractivity contribution in [1.29, 1.82) is 0 Å². The number of anilines is 1. The van der Waals surface area contributed by atoms with Gasteiger partial charge in [-0.3, -0.25) is 0 Å². The first-order valence-electron chi connectivity index (χ1n) is 6.03. The molecule has 0 aliphatic heterocycles. The standard InChI is InChI=1S/C15H16ClNO2S/c1-18-11-6-7-14(19-2)10(8-11)9-20-15-12(16)4-3-5-13(15)17/h3-8H,9,17H2,1-2H3. The van der Waals surface area contributed by atoms with Crippen molar-refractivity contribution >= 4 is 29.1 Å². The summed E-state index contributed by atoms with van der Waals surface area (Å²) in [5, 5.41) is 0.664. The summed E-state index contributed by atoms with van der Waals surface area (Å²) in [5.41, 5.74) is 7.67. The van der Waals surface area contributed by atoms with E-state index in [-0.39, 0.29) is 0 Å². The third kappa shape index (κ3) is 3.32. The van der Waals surface area contributed by atoms with Crippen molar-refractivity contribution in [3.63, 3.8) is 0 Å². The molecule has 2 rings (SSSR count). The van der Waals surface area contributed by atoms with Crippen molar-refractivity contribution in [3.05, 3.63) is 47.0 Å². The van der Waals surface area contributed by atoms with Crippen molar-refractivity contribution in [2.24, 2.45) is 0 Å². The zero-order valence-electron chi connectivity index (χ0n) is 11.4. The number of thioether (sulfide) groups is 1. The molecule has 3 nitrogen and oxygen atoms in total. The highest BCUT2D eigenvalue weighted by molar-refractivity contribution is 7.98. The van der Waals surface area contributed by atoms with E-state index in [9.17, 15) is 0 Å². The van der Waals surface area contributed by atoms with Gasteiger partial charge in [-0.05, 0) is 30.3 Å². The lowest BCUT2D eigenvalue weighted by atomic mass is 10.2. The lowest BCUT2D eigenvalue weighted by Gasteiger charge is -2.12. The molecule has 20 heavy (non-hydrogen) atoms. The molecule has 0 aliphatic carbocycles. The molecule has 0 spiro atoms. The zero-order valence-corrected chi connectivity index (χ0v) is 12.9. The Morgan fingerprint density at radius 3 is 2.60 bits per heavy atom. The fourth-order valence-corrected chi connectivity index (χ4v) is 3.13. The number of halogens is 1. The van der Waals surface area contributed by atoms with Crippen molar-refractivity contribution in [3.8, 4) is 11.5 Å². The number of hydrogen-bond donors (Lipinski definition) is 1. The topological polar surface area (TPSA) is 44.5 Å². The normalized spacial score (nSPS) is 10.3. The van der Waals surface area contributed by atoms with Crippen LogP contribution in [0.15, 0.2) is 41.3 Å². The lowest BCUT2D eigenvalue weighted by molar-refractivity contribution is 0.400. The molecule has 0 saturated heterocycles. The summed E-state index contributed by atoms with van der Waals surface area (Å²) in [6, 6.07) is 11.2. The van der Waals surface area contributed by atoms with Crippen LogP contribution < -0.4 is 15.2 Å². The molecule has 0 radical (unpaired) electrons. The molecule has 5 heteroatoms. The Labute approximate surface area is 128 Å². The van der Waals surface area contributed by atoms with E-state index < -0.39 is 0 Å². The van der Waals surface area contributed by atoms with Gasteiger partial charge in [-0.25, -0.2) is 0 Å². The number of methoxy groups -OCH3 is 2. The average Bonchev–Trinajstić information content (AvgIpc) is 2.46. The molecular formula is C15H16ClNO2S. The van der Waals surface area contributed by atoms with Gasteiger partial charge in [-0.1, -0.05) is 17.7 Å². The number of nitrogens with two attached hydrogens (primary N) is 1. The van der Waals surface area contributed by atoms with Crippen LogP contribution in [-0.4, -0.2) is 14.2 Å². The molecule has 0 aliphatic rings. The maximum atomic E-state index is 6.17. The van der Waals surface area contributed by atoms with Gasteiger partial charge in [0.15, 0.2) is 0 Å². The van der Waals surface area contributed by atoms with E-state index in [1.54, 1.807) is 26.0 Å². The van der Waals surface area contributed by atoms with Gasteiger partial charge in [-0.2, -0.15) is 0 Å². The Bertz CT molecular complexity index is 584. The Kier molecular flexibility index (Phi) is 5.04. The SMILES string of the molecule is COc1ccc(OC)c(CSc2c(N)cccc2Cl)c1. The van der Waals surface area contributed by atoms with E-state index in [0.29, 0.717) is 16.5 Å². The van der Waals surface area contributed by atoms with Gasteiger partial charge >= 0.3 is 0 Å². The van der Waals surface area contributed by atoms with E-state index in [1.165, 1.54) is 0 Å². The highest BCUT2D eigenvalue weighted by atomic mass is 35.5. The van der Waals surface area contributed by atoms with E-state index in [4.69, 9.17) is 26.8 Å². The summed E-state index contributed by atoms with van der Waals surface area (Å²) in [4.78, 5) is 0.888. The van der Waals surface area contributed by atoms with E-state index in [2.05, 4.69) is 0 Å². The maximum absolute atomic E-state index is 6.17. The summed E-state index contributed by atoms with van der Waals surface area (Å²) < 4.78 is 10.6. The van der Waals surface area contributed by atoms with E-state index in [1.807, 2.05) is 36.4 Å². The van der Waals surface area contributed by atoms with E-state index in [0.717, 1.165) is 22.0 Å². The van der Waals surface area contributed by atoms with Crippen LogP contribution in [0.4, 0.5) is 5.69 Å². The third-order valence-electron chi connectivity index (χ3n) is 2.86. The van der Waals surface area contributed by atoms with Gasteiger partial charge < -0.3 is 15.2 Å². The number of benzene rings is 2. The minimum atomic E-state index is 0.664. The molecule has 0 unspecified atom stereocenters. The molecule has 0 saturated carbocycles. The van der Waals surface area contributed by atoms with Crippen LogP contribution in [0.3, 0.4) is 0 Å². The molecule has 0 amide bonds. The monoisotopic (exact) mass is 309 g/mol. The second-order valence-corrected chi connectivity index (χ2v) is 5.52. The molecule has 2 N–H and O–H groups in total. The van der Waals surface area contributed by atoms with E-state index >= 15 is 0 Å². The Balaban J connectivity index is 2.22. The molecule has 0 fully saturated rings. The van der Waals surface area contributed by atoms with Crippen molar-refractivity contribution in [2.75, 3.05) is 20.0 Å². The summed E-state index contributed by atoms with van der Waals surface area (Å²) in [7, 11) is 3.30. The first-order valence-corrected chi connectivity index (χ1v) is 7.39. The molecule has 0 heterocycles. The molecule has 0 bridgehead atoms. The van der Waals surface area contributed by atoms with Crippen LogP contribution >= 0.6 is 23.4 Å². The second kappa shape index (κ2) is 6.77. The molecule has 0 aromatic heterocycles. The smallest absolute Gasteiger partial charge is 0.123 e. The minimum Gasteiger partial charge on any atom is -0.497 e. The largest absolute Gasteiger partial charge is 0.497 e. The van der Waals surface area contributed by atoms with Crippen LogP contribution in [-0.2, 0) is 5.75 Å². The number of hydrogen-bond acceptors (Lipinski definition) is 4. The summed E-state index contributed by atoms with van der Waals surface area (Å²) in [6.07, 6.45) is 0. The zero-order chi connectivity index (χ0) is 14.5. The highest BCUT2D eigenvalue weighted by Gasteiger charge is 2.09. The van der Waals surface area contributed by atoms with Crippen LogP contribution in [0.5, 0.6) is 11.5 Å². The summed E-state index contributed by atoms with van der Waals surface area (Å²) in [6.45, 7) is 0. The highest BCUT2D eigenvalue weighted by Crippen LogP contribution is 2.37.